The van der Waals surface area contributed by atoms with Crippen LogP contribution < -0.4 is 15.9 Å². The molecule has 0 bridgehead atoms. The lowest BCUT2D eigenvalue weighted by Crippen LogP contribution is -2.30. The van der Waals surface area contributed by atoms with E-state index >= 15 is 0 Å². The molecular weight excluding hydrogens is 352 g/mol. The van der Waals surface area contributed by atoms with E-state index in [9.17, 15) is 4.79 Å². The number of halogens is 1. The van der Waals surface area contributed by atoms with E-state index < -0.39 is 0 Å². The van der Waals surface area contributed by atoms with Crippen molar-refractivity contribution in [3.63, 3.8) is 0 Å². The Morgan fingerprint density at radius 2 is 2.17 bits per heavy atom. The zero-order chi connectivity index (χ0) is 16.1. The van der Waals surface area contributed by atoms with Gasteiger partial charge in [-0.3, -0.25) is 4.79 Å². The molecule has 0 radical (unpaired) electrons. The summed E-state index contributed by atoms with van der Waals surface area (Å²) in [4.78, 5) is 16.2. The van der Waals surface area contributed by atoms with Gasteiger partial charge in [0.2, 0.25) is 0 Å². The fourth-order valence-corrected chi connectivity index (χ4v) is 4.29. The van der Waals surface area contributed by atoms with E-state index in [1.165, 1.54) is 11.3 Å². The number of hydrogen-bond acceptors (Lipinski definition) is 1. The zero-order valence-electron chi connectivity index (χ0n) is 13.2. The molecule has 2 N–H and O–H groups in total. The molecule has 0 spiro atoms. The maximum Gasteiger partial charge on any atom is 0.250 e. The second kappa shape index (κ2) is 5.38. The number of carbonyl (C=O) groups is 1. The van der Waals surface area contributed by atoms with Gasteiger partial charge >= 0.3 is 0 Å². The van der Waals surface area contributed by atoms with E-state index in [-0.39, 0.29) is 17.9 Å². The average molecular weight is 371 g/mol. The van der Waals surface area contributed by atoms with Crippen LogP contribution >= 0.6 is 15.9 Å². The Hall–Kier alpha value is -1.81. The summed E-state index contributed by atoms with van der Waals surface area (Å²) < 4.78 is 1.02. The van der Waals surface area contributed by atoms with Crippen LogP contribution in [0, 0.1) is 5.92 Å². The Labute approximate surface area is 143 Å². The molecular formula is C19H19BrN2O. The molecule has 3 aliphatic rings. The first-order valence-corrected chi connectivity index (χ1v) is 8.84. The third-order valence-electron chi connectivity index (χ3n) is 5.00. The average Bonchev–Trinajstić information content (AvgIpc) is 3.03. The molecule has 23 heavy (non-hydrogen) atoms. The van der Waals surface area contributed by atoms with Crippen molar-refractivity contribution in [2.75, 3.05) is 0 Å². The van der Waals surface area contributed by atoms with Crippen molar-refractivity contribution < 1.29 is 4.79 Å². The number of aromatic amines is 1. The van der Waals surface area contributed by atoms with Gasteiger partial charge in [0.05, 0.1) is 17.0 Å². The van der Waals surface area contributed by atoms with Gasteiger partial charge in [-0.1, -0.05) is 53.2 Å². The smallest absolute Gasteiger partial charge is 0.250 e. The minimum atomic E-state index is 0.0291. The van der Waals surface area contributed by atoms with Gasteiger partial charge in [-0.2, -0.15) is 0 Å². The second-order valence-electron chi connectivity index (χ2n) is 6.42. The molecule has 2 heterocycles. The number of allylic oxidation sites excluding steroid dienone is 3. The molecule has 1 fully saturated rings. The lowest BCUT2D eigenvalue weighted by molar-refractivity contribution is -0.115. The maximum absolute atomic E-state index is 12.6. The number of nitrogens with one attached hydrogen (secondary N) is 2. The summed E-state index contributed by atoms with van der Waals surface area (Å²) in [6, 6.07) is 0.0369. The third-order valence-corrected chi connectivity index (χ3v) is 5.53. The first kappa shape index (κ1) is 14.8. The summed E-state index contributed by atoms with van der Waals surface area (Å²) in [5, 5.41) is 5.22. The Morgan fingerprint density at radius 3 is 2.96 bits per heavy atom. The monoisotopic (exact) mass is 370 g/mol. The third kappa shape index (κ3) is 2.19. The van der Waals surface area contributed by atoms with Crippen LogP contribution in [0.1, 0.15) is 37.4 Å². The zero-order valence-corrected chi connectivity index (χ0v) is 14.8. The number of aromatic nitrogens is 1. The standard InChI is InChI=1S/C19H19BrN2O/c1-3-12-13-6-4-5-10(2)17(13)22-18(12)16-14-8-7-11(20)9-15(14)21-19(16)23/h3-4,6-10,14-15,22H,5H2,1-2H3,(H,21,23)/b12-3-,18-16-. The topological polar surface area (TPSA) is 44.9 Å². The quantitative estimate of drug-likeness (QED) is 0.723. The van der Waals surface area contributed by atoms with E-state index in [4.69, 9.17) is 0 Å². The molecule has 118 valence electrons. The van der Waals surface area contributed by atoms with Crippen molar-refractivity contribution in [2.45, 2.75) is 32.2 Å². The number of H-pyrrole nitrogens is 1. The van der Waals surface area contributed by atoms with Crippen LogP contribution in [0.2, 0.25) is 0 Å². The first-order chi connectivity index (χ1) is 11.1. The number of carbonyl (C=O) groups excluding carboxylic acids is 1. The summed E-state index contributed by atoms with van der Waals surface area (Å²) >= 11 is 3.49. The molecule has 1 saturated heterocycles. The highest BCUT2D eigenvalue weighted by Crippen LogP contribution is 2.32. The van der Waals surface area contributed by atoms with Crippen LogP contribution in [0.15, 0.2) is 28.8 Å². The van der Waals surface area contributed by atoms with Gasteiger partial charge in [-0.15, -0.1) is 0 Å². The Morgan fingerprint density at radius 1 is 1.35 bits per heavy atom. The molecule has 3 nitrogen and oxygen atoms in total. The van der Waals surface area contributed by atoms with Gasteiger partial charge in [0.25, 0.3) is 5.91 Å². The van der Waals surface area contributed by atoms with Crippen LogP contribution in [0.4, 0.5) is 0 Å². The molecule has 3 atom stereocenters. The van der Waals surface area contributed by atoms with Gasteiger partial charge in [0.1, 0.15) is 0 Å². The van der Waals surface area contributed by atoms with E-state index in [1.54, 1.807) is 0 Å². The molecule has 3 unspecified atom stereocenters. The molecule has 4 rings (SSSR count). The summed E-state index contributed by atoms with van der Waals surface area (Å²) in [5.41, 5.74) is 3.34. The number of hydrogen-bond donors (Lipinski definition) is 2. The summed E-state index contributed by atoms with van der Waals surface area (Å²) in [6.07, 6.45) is 13.8. The minimum Gasteiger partial charge on any atom is -0.357 e. The summed E-state index contributed by atoms with van der Waals surface area (Å²) in [7, 11) is 0. The highest BCUT2D eigenvalue weighted by Gasteiger charge is 2.37. The molecule has 1 aliphatic heterocycles. The van der Waals surface area contributed by atoms with E-state index in [2.05, 4.69) is 63.5 Å². The van der Waals surface area contributed by atoms with Gasteiger partial charge in [-0.25, -0.2) is 0 Å². The fourth-order valence-electron chi connectivity index (χ4n) is 3.85. The summed E-state index contributed by atoms with van der Waals surface area (Å²) in [6.45, 7) is 4.27. The largest absolute Gasteiger partial charge is 0.357 e. The highest BCUT2D eigenvalue weighted by atomic mass is 79.9. The molecule has 1 amide bonds. The van der Waals surface area contributed by atoms with Crippen LogP contribution in [0.25, 0.3) is 17.7 Å². The molecule has 1 aromatic heterocycles. The maximum atomic E-state index is 12.6. The van der Waals surface area contributed by atoms with Crippen LogP contribution in [0.5, 0.6) is 0 Å². The van der Waals surface area contributed by atoms with E-state index in [0.717, 1.165) is 27.0 Å². The Balaban J connectivity index is 2.01. The predicted molar refractivity (Wildman–Crippen MR) is 97.2 cm³/mol. The number of rotatable bonds is 0. The first-order valence-electron chi connectivity index (χ1n) is 8.05. The van der Waals surface area contributed by atoms with Crippen molar-refractivity contribution in [2.24, 2.45) is 5.92 Å². The number of amides is 1. The Kier molecular flexibility index (Phi) is 3.45. The second-order valence-corrected chi connectivity index (χ2v) is 7.33. The van der Waals surface area contributed by atoms with Gasteiger partial charge in [-0.05, 0) is 19.4 Å². The minimum absolute atomic E-state index is 0.0291. The SMILES string of the molecule is C/C=c1/c2c([nH]/c1=C1\C(=O)NC3C=C(Br)C=CC13)C(C)CC=C2. The van der Waals surface area contributed by atoms with Crippen molar-refractivity contribution in [3.05, 3.63) is 50.6 Å². The van der Waals surface area contributed by atoms with Gasteiger partial charge in [0, 0.05) is 32.8 Å². The van der Waals surface area contributed by atoms with Gasteiger partial charge in [0.15, 0.2) is 0 Å². The molecule has 1 aromatic rings. The molecule has 4 heteroatoms. The lowest BCUT2D eigenvalue weighted by atomic mass is 9.91. The van der Waals surface area contributed by atoms with E-state index in [1.807, 2.05) is 13.0 Å². The number of fused-ring (bicyclic) bond motifs is 2. The molecule has 0 saturated carbocycles. The van der Waals surface area contributed by atoms with Crippen molar-refractivity contribution >= 4 is 39.6 Å². The normalized spacial score (nSPS) is 31.8. The fraction of sp³-hybridized carbons (Fsp3) is 0.316. The van der Waals surface area contributed by atoms with Gasteiger partial charge < -0.3 is 10.3 Å². The lowest BCUT2D eigenvalue weighted by Gasteiger charge is -2.15. The van der Waals surface area contributed by atoms with Crippen LogP contribution in [0.3, 0.4) is 0 Å². The summed E-state index contributed by atoms with van der Waals surface area (Å²) in [5.74, 6) is 0.572. The Bertz CT molecular complexity index is 901. The van der Waals surface area contributed by atoms with E-state index in [0.29, 0.717) is 5.92 Å². The van der Waals surface area contributed by atoms with Crippen molar-refractivity contribution in [1.29, 1.82) is 0 Å². The van der Waals surface area contributed by atoms with Crippen LogP contribution in [-0.2, 0) is 4.79 Å². The molecule has 0 aromatic carbocycles. The molecule has 2 aliphatic carbocycles. The highest BCUT2D eigenvalue weighted by molar-refractivity contribution is 9.11. The van der Waals surface area contributed by atoms with Crippen molar-refractivity contribution in [1.82, 2.24) is 10.3 Å². The van der Waals surface area contributed by atoms with Crippen molar-refractivity contribution in [3.8, 4) is 0 Å². The predicted octanol–water partition coefficient (Wildman–Crippen LogP) is 2.45. The van der Waals surface area contributed by atoms with Crippen LogP contribution in [-0.4, -0.2) is 16.9 Å².